The minimum absolute atomic E-state index is 0.502. The SMILES string of the molecule is COC(=O)c1nc(C(F)F)c([N+](=O)[O-])cc1C#N. The van der Waals surface area contributed by atoms with Crippen molar-refractivity contribution in [1.29, 1.82) is 5.26 Å². The summed E-state index contributed by atoms with van der Waals surface area (Å²) in [4.78, 5) is 23.8. The van der Waals surface area contributed by atoms with Gasteiger partial charge in [-0.15, -0.1) is 0 Å². The number of ether oxygens (including phenoxy) is 1. The average Bonchev–Trinajstić information content (AvgIpc) is 2.35. The topological polar surface area (TPSA) is 106 Å². The van der Waals surface area contributed by atoms with Gasteiger partial charge in [0.1, 0.15) is 6.07 Å². The molecule has 0 saturated carbocycles. The summed E-state index contributed by atoms with van der Waals surface area (Å²) in [5.41, 5.74) is -3.38. The van der Waals surface area contributed by atoms with Crippen LogP contribution in [0.3, 0.4) is 0 Å². The van der Waals surface area contributed by atoms with Crippen LogP contribution in [0, 0.1) is 21.4 Å². The van der Waals surface area contributed by atoms with Crippen LogP contribution in [0.15, 0.2) is 6.07 Å². The van der Waals surface area contributed by atoms with E-state index in [-0.39, 0.29) is 0 Å². The Balaban J connectivity index is 3.58. The van der Waals surface area contributed by atoms with Crippen molar-refractivity contribution in [3.63, 3.8) is 0 Å². The van der Waals surface area contributed by atoms with Crippen LogP contribution in [0.5, 0.6) is 0 Å². The second-order valence-electron chi connectivity index (χ2n) is 2.95. The van der Waals surface area contributed by atoms with Gasteiger partial charge in [-0.05, 0) is 0 Å². The maximum Gasteiger partial charge on any atom is 0.358 e. The second-order valence-corrected chi connectivity index (χ2v) is 2.95. The first-order valence-electron chi connectivity index (χ1n) is 4.38. The molecule has 0 aromatic carbocycles. The third-order valence-electron chi connectivity index (χ3n) is 1.93. The van der Waals surface area contributed by atoms with E-state index in [9.17, 15) is 23.7 Å². The van der Waals surface area contributed by atoms with Crippen molar-refractivity contribution in [2.24, 2.45) is 0 Å². The number of nitriles is 1. The maximum atomic E-state index is 12.6. The fourth-order valence-corrected chi connectivity index (χ4v) is 1.16. The lowest BCUT2D eigenvalue weighted by molar-refractivity contribution is -0.386. The number of pyridine rings is 1. The monoisotopic (exact) mass is 257 g/mol. The van der Waals surface area contributed by atoms with Crippen LogP contribution < -0.4 is 0 Å². The zero-order chi connectivity index (χ0) is 13.9. The Labute approximate surface area is 98.8 Å². The molecular formula is C9H5F2N3O4. The van der Waals surface area contributed by atoms with E-state index in [2.05, 4.69) is 9.72 Å². The largest absolute Gasteiger partial charge is 0.464 e. The number of carbonyl (C=O) groups is 1. The lowest BCUT2D eigenvalue weighted by Gasteiger charge is -2.05. The van der Waals surface area contributed by atoms with Crippen molar-refractivity contribution in [3.8, 4) is 6.07 Å². The molecule has 1 rings (SSSR count). The number of nitro groups is 1. The highest BCUT2D eigenvalue weighted by atomic mass is 19.3. The number of aromatic nitrogens is 1. The molecule has 18 heavy (non-hydrogen) atoms. The van der Waals surface area contributed by atoms with Gasteiger partial charge < -0.3 is 4.74 Å². The first kappa shape index (κ1) is 13.4. The third-order valence-corrected chi connectivity index (χ3v) is 1.93. The van der Waals surface area contributed by atoms with Crippen molar-refractivity contribution in [3.05, 3.63) is 33.1 Å². The first-order chi connectivity index (χ1) is 8.42. The molecule has 0 bridgehead atoms. The predicted molar refractivity (Wildman–Crippen MR) is 51.9 cm³/mol. The minimum Gasteiger partial charge on any atom is -0.464 e. The number of halogens is 2. The quantitative estimate of drug-likeness (QED) is 0.462. The molecule has 9 heteroatoms. The van der Waals surface area contributed by atoms with E-state index in [1.54, 1.807) is 0 Å². The zero-order valence-electron chi connectivity index (χ0n) is 8.89. The Morgan fingerprint density at radius 3 is 2.67 bits per heavy atom. The first-order valence-corrected chi connectivity index (χ1v) is 4.38. The van der Waals surface area contributed by atoms with E-state index in [0.29, 0.717) is 6.07 Å². The molecule has 1 aromatic heterocycles. The molecule has 0 saturated heterocycles. The molecule has 0 aliphatic heterocycles. The van der Waals surface area contributed by atoms with Crippen LogP contribution in [0.25, 0.3) is 0 Å². The van der Waals surface area contributed by atoms with Crippen LogP contribution in [-0.2, 0) is 4.74 Å². The van der Waals surface area contributed by atoms with Crippen molar-refractivity contribution in [2.75, 3.05) is 7.11 Å². The maximum absolute atomic E-state index is 12.6. The summed E-state index contributed by atoms with van der Waals surface area (Å²) in [5, 5.41) is 19.2. The Morgan fingerprint density at radius 2 is 2.28 bits per heavy atom. The highest BCUT2D eigenvalue weighted by molar-refractivity contribution is 5.90. The lowest BCUT2D eigenvalue weighted by Crippen LogP contribution is -2.11. The van der Waals surface area contributed by atoms with Crippen LogP contribution in [-0.4, -0.2) is 23.0 Å². The van der Waals surface area contributed by atoms with E-state index in [1.807, 2.05) is 0 Å². The Kier molecular flexibility index (Phi) is 3.83. The highest BCUT2D eigenvalue weighted by Crippen LogP contribution is 2.29. The van der Waals surface area contributed by atoms with Crippen molar-refractivity contribution in [1.82, 2.24) is 4.98 Å². The molecule has 1 heterocycles. The predicted octanol–water partition coefficient (Wildman–Crippen LogP) is 1.59. The minimum atomic E-state index is -3.25. The number of hydrogen-bond acceptors (Lipinski definition) is 6. The molecule has 94 valence electrons. The van der Waals surface area contributed by atoms with Crippen LogP contribution in [0.2, 0.25) is 0 Å². The molecule has 0 spiro atoms. The standard InChI is InChI=1S/C9H5F2N3O4/c1-18-9(15)6-4(3-12)2-5(14(16)17)7(13-6)8(10)11/h2,8H,1H3. The van der Waals surface area contributed by atoms with Gasteiger partial charge in [0.15, 0.2) is 11.4 Å². The number of esters is 1. The lowest BCUT2D eigenvalue weighted by atomic mass is 10.1. The Hall–Kier alpha value is -2.63. The fourth-order valence-electron chi connectivity index (χ4n) is 1.16. The summed E-state index contributed by atoms with van der Waals surface area (Å²) in [7, 11) is 0.967. The van der Waals surface area contributed by atoms with Gasteiger partial charge in [0.05, 0.1) is 17.6 Å². The van der Waals surface area contributed by atoms with Gasteiger partial charge >= 0.3 is 5.97 Å². The van der Waals surface area contributed by atoms with Gasteiger partial charge in [0.25, 0.3) is 12.1 Å². The summed E-state index contributed by atoms with van der Waals surface area (Å²) in [6.45, 7) is 0. The van der Waals surface area contributed by atoms with E-state index in [0.717, 1.165) is 7.11 Å². The smallest absolute Gasteiger partial charge is 0.358 e. The zero-order valence-corrected chi connectivity index (χ0v) is 8.89. The molecule has 0 radical (unpaired) electrons. The average molecular weight is 257 g/mol. The van der Waals surface area contributed by atoms with Crippen molar-refractivity contribution < 1.29 is 23.2 Å². The highest BCUT2D eigenvalue weighted by Gasteiger charge is 2.28. The number of nitrogens with zero attached hydrogens (tertiary/aromatic N) is 3. The van der Waals surface area contributed by atoms with Crippen LogP contribution >= 0.6 is 0 Å². The van der Waals surface area contributed by atoms with Gasteiger partial charge in [0, 0.05) is 6.07 Å². The van der Waals surface area contributed by atoms with E-state index >= 15 is 0 Å². The molecule has 0 atom stereocenters. The summed E-state index contributed by atoms with van der Waals surface area (Å²) < 4.78 is 29.4. The van der Waals surface area contributed by atoms with Gasteiger partial charge in [-0.2, -0.15) is 5.26 Å². The molecular weight excluding hydrogens is 252 g/mol. The molecule has 0 aliphatic carbocycles. The number of alkyl halides is 2. The second kappa shape index (κ2) is 5.13. The molecule has 0 amide bonds. The summed E-state index contributed by atoms with van der Waals surface area (Å²) in [6, 6.07) is 2.03. The van der Waals surface area contributed by atoms with Crippen LogP contribution in [0.1, 0.15) is 28.2 Å². The van der Waals surface area contributed by atoms with E-state index in [4.69, 9.17) is 5.26 Å². The summed E-state index contributed by atoms with van der Waals surface area (Å²) in [6.07, 6.45) is -3.25. The number of methoxy groups -OCH3 is 1. The molecule has 0 aliphatic rings. The van der Waals surface area contributed by atoms with E-state index < -0.39 is 40.0 Å². The van der Waals surface area contributed by atoms with Gasteiger partial charge in [-0.3, -0.25) is 10.1 Å². The number of rotatable bonds is 3. The van der Waals surface area contributed by atoms with Gasteiger partial charge in [0.2, 0.25) is 0 Å². The normalized spacial score (nSPS) is 9.94. The van der Waals surface area contributed by atoms with Crippen molar-refractivity contribution in [2.45, 2.75) is 6.43 Å². The molecule has 0 unspecified atom stereocenters. The van der Waals surface area contributed by atoms with E-state index in [1.165, 1.54) is 6.07 Å². The fraction of sp³-hybridized carbons (Fsp3) is 0.222. The third kappa shape index (κ3) is 2.37. The summed E-state index contributed by atoms with van der Waals surface area (Å²) >= 11 is 0. The molecule has 7 nitrogen and oxygen atoms in total. The Morgan fingerprint density at radius 1 is 1.67 bits per heavy atom. The molecule has 0 fully saturated rings. The van der Waals surface area contributed by atoms with Crippen molar-refractivity contribution >= 4 is 11.7 Å². The van der Waals surface area contributed by atoms with Crippen LogP contribution in [0.4, 0.5) is 14.5 Å². The summed E-state index contributed by atoms with van der Waals surface area (Å²) in [5.74, 6) is -1.12. The number of carbonyl (C=O) groups excluding carboxylic acids is 1. The van der Waals surface area contributed by atoms with Gasteiger partial charge in [-0.25, -0.2) is 18.6 Å². The Bertz CT molecular complexity index is 553. The molecule has 1 aromatic rings. The molecule has 0 N–H and O–H groups in total. The number of hydrogen-bond donors (Lipinski definition) is 0. The van der Waals surface area contributed by atoms with Gasteiger partial charge in [-0.1, -0.05) is 0 Å².